The standard InChI is InChI=1S/C16H11NO5/c18-14(13-3-1-2-4-15(19)16(13)20)10-7-11-5-8-12(9-6-11)17(21)22/h1-10H,(H,19,20). The SMILES string of the molecule is O=C(C=Cc1ccc([N+](=O)[O-])cc1)c1ccccc(=O)c1O. The molecular weight excluding hydrogens is 286 g/mol. The lowest BCUT2D eigenvalue weighted by Crippen LogP contribution is -2.01. The van der Waals surface area contributed by atoms with Gasteiger partial charge in [0.1, 0.15) is 0 Å². The van der Waals surface area contributed by atoms with Gasteiger partial charge in [-0.1, -0.05) is 18.2 Å². The maximum atomic E-state index is 12.0. The molecule has 0 bridgehead atoms. The first-order valence-electron chi connectivity index (χ1n) is 6.28. The Hall–Kier alpha value is -3.28. The first kappa shape index (κ1) is 15.1. The molecule has 0 atom stereocenters. The average Bonchev–Trinajstić information content (AvgIpc) is 2.67. The molecule has 6 nitrogen and oxygen atoms in total. The summed E-state index contributed by atoms with van der Waals surface area (Å²) in [6.45, 7) is 0. The van der Waals surface area contributed by atoms with Crippen molar-refractivity contribution in [1.29, 1.82) is 0 Å². The van der Waals surface area contributed by atoms with Gasteiger partial charge in [0.15, 0.2) is 11.5 Å². The summed E-state index contributed by atoms with van der Waals surface area (Å²) in [7, 11) is 0. The highest BCUT2D eigenvalue weighted by Crippen LogP contribution is 2.15. The zero-order chi connectivity index (χ0) is 16.1. The van der Waals surface area contributed by atoms with Crippen LogP contribution in [0.25, 0.3) is 6.08 Å². The predicted molar refractivity (Wildman–Crippen MR) is 80.8 cm³/mol. The number of carbonyl (C=O) groups excluding carboxylic acids is 1. The Morgan fingerprint density at radius 2 is 1.73 bits per heavy atom. The zero-order valence-corrected chi connectivity index (χ0v) is 11.3. The molecule has 0 aliphatic rings. The second-order valence-corrected chi connectivity index (χ2v) is 4.39. The first-order chi connectivity index (χ1) is 10.5. The van der Waals surface area contributed by atoms with E-state index in [4.69, 9.17) is 0 Å². The van der Waals surface area contributed by atoms with E-state index in [-0.39, 0.29) is 11.3 Å². The molecule has 0 spiro atoms. The molecule has 2 aromatic carbocycles. The van der Waals surface area contributed by atoms with Gasteiger partial charge in [-0.05, 0) is 35.9 Å². The number of hydrogen-bond donors (Lipinski definition) is 1. The molecule has 0 aromatic heterocycles. The molecule has 0 aliphatic carbocycles. The smallest absolute Gasteiger partial charge is 0.269 e. The minimum atomic E-state index is -0.642. The summed E-state index contributed by atoms with van der Waals surface area (Å²) in [6, 6.07) is 11.0. The van der Waals surface area contributed by atoms with E-state index in [2.05, 4.69) is 0 Å². The van der Waals surface area contributed by atoms with Crippen LogP contribution in [0.15, 0.2) is 59.4 Å². The van der Waals surface area contributed by atoms with Crippen LogP contribution in [0.4, 0.5) is 5.69 Å². The highest BCUT2D eigenvalue weighted by Gasteiger charge is 2.09. The molecule has 0 heterocycles. The third-order valence-electron chi connectivity index (χ3n) is 2.91. The van der Waals surface area contributed by atoms with E-state index in [1.165, 1.54) is 54.6 Å². The molecule has 2 rings (SSSR count). The van der Waals surface area contributed by atoms with E-state index < -0.39 is 21.9 Å². The zero-order valence-electron chi connectivity index (χ0n) is 11.3. The van der Waals surface area contributed by atoms with Crippen molar-refractivity contribution in [2.75, 3.05) is 0 Å². The average molecular weight is 297 g/mol. The van der Waals surface area contributed by atoms with Crippen LogP contribution in [0.1, 0.15) is 15.9 Å². The van der Waals surface area contributed by atoms with Crippen molar-refractivity contribution in [1.82, 2.24) is 0 Å². The molecule has 2 aromatic rings. The van der Waals surface area contributed by atoms with Crippen LogP contribution >= 0.6 is 0 Å². The van der Waals surface area contributed by atoms with Gasteiger partial charge in [-0.3, -0.25) is 19.7 Å². The highest BCUT2D eigenvalue weighted by molar-refractivity contribution is 6.08. The molecule has 110 valence electrons. The second kappa shape index (κ2) is 6.45. The third-order valence-corrected chi connectivity index (χ3v) is 2.91. The van der Waals surface area contributed by atoms with Crippen molar-refractivity contribution in [3.63, 3.8) is 0 Å². The summed E-state index contributed by atoms with van der Waals surface area (Å²) in [6.07, 6.45) is 2.64. The minimum absolute atomic E-state index is 0.0489. The fourth-order valence-corrected chi connectivity index (χ4v) is 1.75. The van der Waals surface area contributed by atoms with Crippen LogP contribution in [-0.2, 0) is 0 Å². The van der Waals surface area contributed by atoms with Crippen molar-refractivity contribution >= 4 is 17.5 Å². The van der Waals surface area contributed by atoms with Gasteiger partial charge in [0.2, 0.25) is 5.43 Å². The molecule has 0 saturated heterocycles. The van der Waals surface area contributed by atoms with Crippen molar-refractivity contribution in [2.24, 2.45) is 0 Å². The van der Waals surface area contributed by atoms with Gasteiger partial charge in [-0.2, -0.15) is 0 Å². The Kier molecular flexibility index (Phi) is 4.43. The van der Waals surface area contributed by atoms with Crippen LogP contribution < -0.4 is 5.43 Å². The first-order valence-corrected chi connectivity index (χ1v) is 6.28. The summed E-state index contributed by atoms with van der Waals surface area (Å²) in [5.41, 5.74) is -0.210. The Labute approximate surface area is 125 Å². The van der Waals surface area contributed by atoms with E-state index in [0.717, 1.165) is 6.07 Å². The maximum Gasteiger partial charge on any atom is 0.269 e. The van der Waals surface area contributed by atoms with Gasteiger partial charge < -0.3 is 5.11 Å². The van der Waals surface area contributed by atoms with Crippen molar-refractivity contribution < 1.29 is 14.8 Å². The molecule has 22 heavy (non-hydrogen) atoms. The molecule has 6 heteroatoms. The molecule has 0 fully saturated rings. The number of hydrogen-bond acceptors (Lipinski definition) is 5. The minimum Gasteiger partial charge on any atom is -0.504 e. The monoisotopic (exact) mass is 297 g/mol. The number of ketones is 1. The Morgan fingerprint density at radius 3 is 2.36 bits per heavy atom. The number of rotatable bonds is 4. The van der Waals surface area contributed by atoms with Crippen LogP contribution in [0.2, 0.25) is 0 Å². The van der Waals surface area contributed by atoms with E-state index in [1.807, 2.05) is 0 Å². The highest BCUT2D eigenvalue weighted by atomic mass is 16.6. The fraction of sp³-hybridized carbons (Fsp3) is 0. The Morgan fingerprint density at radius 1 is 1.09 bits per heavy atom. The van der Waals surface area contributed by atoms with Crippen molar-refractivity contribution in [3.8, 4) is 5.75 Å². The van der Waals surface area contributed by atoms with Crippen LogP contribution in [0.3, 0.4) is 0 Å². The quantitative estimate of drug-likeness (QED) is 0.405. The molecule has 0 saturated carbocycles. The van der Waals surface area contributed by atoms with Crippen LogP contribution in [-0.4, -0.2) is 15.8 Å². The maximum absolute atomic E-state index is 12.0. The fourth-order valence-electron chi connectivity index (χ4n) is 1.75. The summed E-state index contributed by atoms with van der Waals surface area (Å²) < 4.78 is 0. The summed E-state index contributed by atoms with van der Waals surface area (Å²) in [5.74, 6) is -1.15. The van der Waals surface area contributed by atoms with Gasteiger partial charge in [-0.15, -0.1) is 0 Å². The van der Waals surface area contributed by atoms with Gasteiger partial charge in [0.05, 0.1) is 10.5 Å². The van der Waals surface area contributed by atoms with E-state index >= 15 is 0 Å². The molecule has 1 N–H and O–H groups in total. The number of aromatic hydroxyl groups is 1. The lowest BCUT2D eigenvalue weighted by Gasteiger charge is -1.96. The summed E-state index contributed by atoms with van der Waals surface area (Å²) >= 11 is 0. The van der Waals surface area contributed by atoms with Gasteiger partial charge in [0, 0.05) is 12.1 Å². The molecule has 0 unspecified atom stereocenters. The topological polar surface area (TPSA) is 97.5 Å². The molecular formula is C16H11NO5. The number of carbonyl (C=O) groups is 1. The van der Waals surface area contributed by atoms with Crippen LogP contribution in [0.5, 0.6) is 5.75 Å². The molecule has 0 radical (unpaired) electrons. The number of non-ortho nitro benzene ring substituents is 1. The lowest BCUT2D eigenvalue weighted by molar-refractivity contribution is -0.384. The van der Waals surface area contributed by atoms with Gasteiger partial charge in [-0.25, -0.2) is 0 Å². The van der Waals surface area contributed by atoms with Crippen molar-refractivity contribution in [3.05, 3.63) is 86.1 Å². The largest absolute Gasteiger partial charge is 0.504 e. The summed E-state index contributed by atoms with van der Waals surface area (Å²) in [4.78, 5) is 33.5. The number of allylic oxidation sites excluding steroid dienone is 1. The summed E-state index contributed by atoms with van der Waals surface area (Å²) in [5, 5.41) is 20.2. The number of nitrogens with zero attached hydrogens (tertiary/aromatic N) is 1. The molecule has 0 amide bonds. The normalized spacial score (nSPS) is 10.5. The van der Waals surface area contributed by atoms with E-state index in [1.54, 1.807) is 0 Å². The van der Waals surface area contributed by atoms with Crippen LogP contribution in [0, 0.1) is 10.1 Å². The Balaban J connectivity index is 2.26. The van der Waals surface area contributed by atoms with Gasteiger partial charge in [0.25, 0.3) is 5.69 Å². The second-order valence-electron chi connectivity index (χ2n) is 4.39. The number of benzene rings is 1. The Bertz CT molecular complexity index is 809. The van der Waals surface area contributed by atoms with Crippen molar-refractivity contribution in [2.45, 2.75) is 0 Å². The van der Waals surface area contributed by atoms with Gasteiger partial charge >= 0.3 is 0 Å². The number of nitro benzene ring substituents is 1. The number of nitro groups is 1. The van der Waals surface area contributed by atoms with E-state index in [9.17, 15) is 24.8 Å². The lowest BCUT2D eigenvalue weighted by atomic mass is 10.1. The third kappa shape index (κ3) is 3.43. The molecule has 0 aliphatic heterocycles. The van der Waals surface area contributed by atoms with E-state index in [0.29, 0.717) is 5.56 Å². The predicted octanol–water partition coefficient (Wildman–Crippen LogP) is 2.56.